The van der Waals surface area contributed by atoms with Gasteiger partial charge in [0.15, 0.2) is 4.67 Å². The summed E-state index contributed by atoms with van der Waals surface area (Å²) in [5.41, 5.74) is 0.0301. The van der Waals surface area contributed by atoms with Gasteiger partial charge in [-0.05, 0) is 56.1 Å². The van der Waals surface area contributed by atoms with Crippen LogP contribution >= 0.6 is 31.9 Å². The zero-order valence-corrected chi connectivity index (χ0v) is 13.2. The molecule has 2 rings (SSSR count). The fourth-order valence-corrected chi connectivity index (χ4v) is 2.32. The van der Waals surface area contributed by atoms with E-state index in [0.29, 0.717) is 10.4 Å². The zero-order valence-electron chi connectivity index (χ0n) is 9.99. The molecule has 0 bridgehead atoms. The molecule has 0 atom stereocenters. The van der Waals surface area contributed by atoms with Gasteiger partial charge in [0.05, 0.1) is 16.6 Å². The van der Waals surface area contributed by atoms with E-state index in [0.717, 1.165) is 0 Å². The molecular weight excluding hydrogens is 381 g/mol. The highest BCUT2D eigenvalue weighted by atomic mass is 79.9. The molecule has 19 heavy (non-hydrogen) atoms. The maximum absolute atomic E-state index is 13.8. The maximum Gasteiger partial charge on any atom is 0.257 e. The summed E-state index contributed by atoms with van der Waals surface area (Å²) in [6.45, 7) is 0.274. The van der Waals surface area contributed by atoms with Crippen LogP contribution in [0.3, 0.4) is 0 Å². The van der Waals surface area contributed by atoms with Crippen molar-refractivity contribution in [2.45, 2.75) is 6.54 Å². The van der Waals surface area contributed by atoms with Crippen LogP contribution in [0.1, 0.15) is 16.1 Å². The van der Waals surface area contributed by atoms with Gasteiger partial charge in [-0.25, -0.2) is 4.39 Å². The van der Waals surface area contributed by atoms with E-state index in [4.69, 9.17) is 4.42 Å². The Labute approximate surface area is 126 Å². The van der Waals surface area contributed by atoms with Crippen LogP contribution < -0.4 is 0 Å². The van der Waals surface area contributed by atoms with Crippen molar-refractivity contribution in [3.05, 3.63) is 56.6 Å². The minimum atomic E-state index is -0.556. The molecule has 3 nitrogen and oxygen atoms in total. The molecule has 0 radical (unpaired) electrons. The molecule has 1 aromatic carbocycles. The lowest BCUT2D eigenvalue weighted by Gasteiger charge is -2.16. The number of carbonyl (C=O) groups is 1. The van der Waals surface area contributed by atoms with Crippen molar-refractivity contribution in [1.29, 1.82) is 0 Å². The number of carbonyl (C=O) groups excluding carboxylic acids is 1. The Kier molecular flexibility index (Phi) is 4.42. The fourth-order valence-electron chi connectivity index (χ4n) is 1.62. The van der Waals surface area contributed by atoms with Crippen LogP contribution in [0.25, 0.3) is 0 Å². The summed E-state index contributed by atoms with van der Waals surface area (Å²) in [6, 6.07) is 8.13. The average molecular weight is 391 g/mol. The van der Waals surface area contributed by atoms with Crippen LogP contribution in [0.4, 0.5) is 4.39 Å². The largest absolute Gasteiger partial charge is 0.452 e. The maximum atomic E-state index is 13.8. The number of hydrogen-bond acceptors (Lipinski definition) is 2. The molecule has 0 aliphatic carbocycles. The van der Waals surface area contributed by atoms with Gasteiger partial charge in [0.2, 0.25) is 0 Å². The lowest BCUT2D eigenvalue weighted by molar-refractivity contribution is 0.0770. The van der Waals surface area contributed by atoms with E-state index >= 15 is 0 Å². The first-order valence-corrected chi connectivity index (χ1v) is 7.01. The number of amides is 1. The second-order valence-corrected chi connectivity index (χ2v) is 5.60. The molecule has 0 saturated carbocycles. The number of halogens is 3. The molecular formula is C13H10Br2FNO2. The van der Waals surface area contributed by atoms with Gasteiger partial charge >= 0.3 is 0 Å². The molecule has 2 aromatic rings. The average Bonchev–Trinajstić information content (AvgIpc) is 2.77. The first kappa shape index (κ1) is 14.3. The van der Waals surface area contributed by atoms with E-state index in [2.05, 4.69) is 31.9 Å². The molecule has 0 aliphatic rings. The van der Waals surface area contributed by atoms with Crippen molar-refractivity contribution in [1.82, 2.24) is 4.90 Å². The first-order chi connectivity index (χ1) is 8.99. The molecule has 0 aliphatic heterocycles. The number of furan rings is 1. The van der Waals surface area contributed by atoms with Gasteiger partial charge in [0.1, 0.15) is 11.6 Å². The molecule has 0 fully saturated rings. The smallest absolute Gasteiger partial charge is 0.257 e. The van der Waals surface area contributed by atoms with E-state index < -0.39 is 11.7 Å². The Balaban J connectivity index is 2.17. The zero-order chi connectivity index (χ0) is 14.0. The van der Waals surface area contributed by atoms with Gasteiger partial charge in [0, 0.05) is 7.05 Å². The minimum absolute atomic E-state index is 0.0301. The van der Waals surface area contributed by atoms with Crippen molar-refractivity contribution in [3.8, 4) is 0 Å². The second-order valence-electron chi connectivity index (χ2n) is 3.97. The van der Waals surface area contributed by atoms with E-state index in [1.165, 1.54) is 11.0 Å². The molecule has 0 spiro atoms. The SMILES string of the molecule is CN(Cc1ccc(Br)o1)C(=O)c1cccc(Br)c1F. The summed E-state index contributed by atoms with van der Waals surface area (Å²) in [5.74, 6) is -0.329. The van der Waals surface area contributed by atoms with E-state index in [9.17, 15) is 9.18 Å². The highest BCUT2D eigenvalue weighted by Gasteiger charge is 2.18. The lowest BCUT2D eigenvalue weighted by atomic mass is 10.2. The predicted octanol–water partition coefficient (Wildman–Crippen LogP) is 4.22. The molecule has 0 saturated heterocycles. The Morgan fingerprint density at radius 3 is 2.68 bits per heavy atom. The van der Waals surface area contributed by atoms with Crippen molar-refractivity contribution in [3.63, 3.8) is 0 Å². The molecule has 1 aromatic heterocycles. The van der Waals surface area contributed by atoms with Crippen LogP contribution in [0.15, 0.2) is 43.9 Å². The van der Waals surface area contributed by atoms with E-state index in [1.807, 2.05) is 0 Å². The van der Waals surface area contributed by atoms with Crippen molar-refractivity contribution in [2.75, 3.05) is 7.05 Å². The number of benzene rings is 1. The summed E-state index contributed by atoms with van der Waals surface area (Å²) in [4.78, 5) is 13.5. The number of nitrogens with zero attached hydrogens (tertiary/aromatic N) is 1. The van der Waals surface area contributed by atoms with Gasteiger partial charge in [-0.3, -0.25) is 4.79 Å². The van der Waals surface area contributed by atoms with E-state index in [-0.39, 0.29) is 16.6 Å². The molecule has 1 amide bonds. The first-order valence-electron chi connectivity index (χ1n) is 5.42. The third kappa shape index (κ3) is 3.25. The van der Waals surface area contributed by atoms with Crippen LogP contribution in [0.5, 0.6) is 0 Å². The summed E-state index contributed by atoms with van der Waals surface area (Å²) in [6.07, 6.45) is 0. The Morgan fingerprint density at radius 1 is 1.32 bits per heavy atom. The van der Waals surface area contributed by atoms with Crippen molar-refractivity contribution < 1.29 is 13.6 Å². The standard InChI is InChI=1S/C13H10Br2FNO2/c1-17(7-8-5-6-11(15)19-8)13(18)9-3-2-4-10(14)12(9)16/h2-6H,7H2,1H3. The topological polar surface area (TPSA) is 33.5 Å². The van der Waals surface area contributed by atoms with Gasteiger partial charge in [0.25, 0.3) is 5.91 Å². The summed E-state index contributed by atoms with van der Waals surface area (Å²) >= 11 is 6.25. The van der Waals surface area contributed by atoms with Crippen LogP contribution in [0.2, 0.25) is 0 Å². The molecule has 0 unspecified atom stereocenters. The Bertz CT molecular complexity index is 612. The second kappa shape index (κ2) is 5.88. The lowest BCUT2D eigenvalue weighted by Crippen LogP contribution is -2.26. The van der Waals surface area contributed by atoms with Gasteiger partial charge in [-0.2, -0.15) is 0 Å². The Hall–Kier alpha value is -1.14. The van der Waals surface area contributed by atoms with E-state index in [1.54, 1.807) is 31.3 Å². The van der Waals surface area contributed by atoms with Crippen molar-refractivity contribution in [2.24, 2.45) is 0 Å². The third-order valence-electron chi connectivity index (χ3n) is 2.55. The third-order valence-corrected chi connectivity index (χ3v) is 3.59. The normalized spacial score (nSPS) is 10.5. The van der Waals surface area contributed by atoms with Crippen LogP contribution in [-0.2, 0) is 6.54 Å². The monoisotopic (exact) mass is 389 g/mol. The Morgan fingerprint density at radius 2 is 2.05 bits per heavy atom. The van der Waals surface area contributed by atoms with Crippen LogP contribution in [-0.4, -0.2) is 17.9 Å². The molecule has 6 heteroatoms. The minimum Gasteiger partial charge on any atom is -0.452 e. The quantitative estimate of drug-likeness (QED) is 0.786. The van der Waals surface area contributed by atoms with Gasteiger partial charge < -0.3 is 9.32 Å². The highest BCUT2D eigenvalue weighted by molar-refractivity contribution is 9.10. The number of rotatable bonds is 3. The summed E-state index contributed by atoms with van der Waals surface area (Å²) in [5, 5.41) is 0. The summed E-state index contributed by atoms with van der Waals surface area (Å²) < 4.78 is 20.0. The fraction of sp³-hybridized carbons (Fsp3) is 0.154. The molecule has 1 heterocycles. The van der Waals surface area contributed by atoms with Crippen LogP contribution in [0, 0.1) is 5.82 Å². The van der Waals surface area contributed by atoms with Crippen molar-refractivity contribution >= 4 is 37.8 Å². The highest BCUT2D eigenvalue weighted by Crippen LogP contribution is 2.21. The molecule has 100 valence electrons. The number of hydrogen-bond donors (Lipinski definition) is 0. The van der Waals surface area contributed by atoms with Gasteiger partial charge in [-0.1, -0.05) is 6.07 Å². The molecule has 0 N–H and O–H groups in total. The summed E-state index contributed by atoms with van der Waals surface area (Å²) in [7, 11) is 1.60. The van der Waals surface area contributed by atoms with Gasteiger partial charge in [-0.15, -0.1) is 0 Å². The predicted molar refractivity (Wildman–Crippen MR) is 76.3 cm³/mol.